The second kappa shape index (κ2) is 4.72. The third-order valence-corrected chi connectivity index (χ3v) is 3.34. The Balaban J connectivity index is 1.58. The molecule has 0 spiro atoms. The number of hydrogen-bond donors (Lipinski definition) is 1. The number of amides is 1. The molecule has 1 aliphatic rings. The van der Waals surface area contributed by atoms with Crippen molar-refractivity contribution in [1.82, 2.24) is 5.32 Å². The maximum Gasteiger partial charge on any atom is 0.223 e. The summed E-state index contributed by atoms with van der Waals surface area (Å²) in [5, 5.41) is 2.90. The molecule has 3 rings (SSSR count). The van der Waals surface area contributed by atoms with E-state index in [2.05, 4.69) is 5.32 Å². The Hall–Kier alpha value is -1.97. The summed E-state index contributed by atoms with van der Waals surface area (Å²) in [6.45, 7) is 0.441. The van der Waals surface area contributed by atoms with Crippen LogP contribution in [-0.2, 0) is 11.3 Å². The van der Waals surface area contributed by atoms with E-state index in [1.165, 1.54) is 6.42 Å². The van der Waals surface area contributed by atoms with Crippen LogP contribution < -0.4 is 5.32 Å². The molecule has 2 heterocycles. The number of rotatable bonds is 4. The minimum atomic E-state index is 0.136. The molecule has 0 saturated heterocycles. The van der Waals surface area contributed by atoms with Crippen molar-refractivity contribution >= 4 is 5.91 Å². The molecule has 1 aliphatic carbocycles. The molecule has 4 nitrogen and oxygen atoms in total. The normalized spacial score (nSPS) is 15.3. The molecule has 2 aromatic rings. The molecule has 2 aromatic heterocycles. The Morgan fingerprint density at radius 2 is 2.17 bits per heavy atom. The zero-order valence-electron chi connectivity index (χ0n) is 10.0. The SMILES string of the molecule is O=C(NCc1ccc(-c2ccco2)o1)C1CCC1. The van der Waals surface area contributed by atoms with Gasteiger partial charge in [-0.15, -0.1) is 0 Å². The van der Waals surface area contributed by atoms with E-state index in [0.717, 1.165) is 18.6 Å². The molecule has 0 atom stereocenters. The highest BCUT2D eigenvalue weighted by Gasteiger charge is 2.24. The zero-order valence-corrected chi connectivity index (χ0v) is 10.0. The fraction of sp³-hybridized carbons (Fsp3) is 0.357. The van der Waals surface area contributed by atoms with Crippen molar-refractivity contribution in [2.45, 2.75) is 25.8 Å². The maximum atomic E-state index is 11.7. The Morgan fingerprint density at radius 3 is 2.83 bits per heavy atom. The Kier molecular flexibility index (Phi) is 2.92. The van der Waals surface area contributed by atoms with Crippen molar-refractivity contribution in [3.8, 4) is 11.5 Å². The van der Waals surface area contributed by atoms with E-state index >= 15 is 0 Å². The van der Waals surface area contributed by atoms with Crippen LogP contribution in [0.5, 0.6) is 0 Å². The Labute approximate surface area is 105 Å². The lowest BCUT2D eigenvalue weighted by molar-refractivity contribution is -0.127. The van der Waals surface area contributed by atoms with Crippen molar-refractivity contribution in [3.05, 3.63) is 36.3 Å². The van der Waals surface area contributed by atoms with Gasteiger partial charge in [0, 0.05) is 5.92 Å². The van der Waals surface area contributed by atoms with Gasteiger partial charge < -0.3 is 14.2 Å². The molecule has 1 N–H and O–H groups in total. The standard InChI is InChI=1S/C14H15NO3/c16-14(10-3-1-4-10)15-9-11-6-7-13(18-11)12-5-2-8-17-12/h2,5-8,10H,1,3-4,9H2,(H,15,16). The number of nitrogens with one attached hydrogen (secondary N) is 1. The van der Waals surface area contributed by atoms with Crippen LogP contribution in [0.2, 0.25) is 0 Å². The lowest BCUT2D eigenvalue weighted by Gasteiger charge is -2.23. The molecular formula is C14H15NO3. The molecule has 0 unspecified atom stereocenters. The van der Waals surface area contributed by atoms with Crippen molar-refractivity contribution in [3.63, 3.8) is 0 Å². The Morgan fingerprint density at radius 1 is 1.28 bits per heavy atom. The largest absolute Gasteiger partial charge is 0.461 e. The van der Waals surface area contributed by atoms with Crippen LogP contribution in [0, 0.1) is 5.92 Å². The van der Waals surface area contributed by atoms with E-state index in [0.29, 0.717) is 18.1 Å². The number of furan rings is 2. The summed E-state index contributed by atoms with van der Waals surface area (Å²) in [6, 6.07) is 7.37. The predicted molar refractivity (Wildman–Crippen MR) is 65.6 cm³/mol. The molecule has 1 saturated carbocycles. The summed E-state index contributed by atoms with van der Waals surface area (Å²) < 4.78 is 10.8. The van der Waals surface area contributed by atoms with E-state index in [9.17, 15) is 4.79 Å². The molecule has 0 aromatic carbocycles. The van der Waals surface area contributed by atoms with E-state index in [1.807, 2.05) is 24.3 Å². The van der Waals surface area contributed by atoms with Crippen LogP contribution in [0.25, 0.3) is 11.5 Å². The van der Waals surface area contributed by atoms with Gasteiger partial charge in [0.25, 0.3) is 0 Å². The van der Waals surface area contributed by atoms with Crippen LogP contribution in [0.1, 0.15) is 25.0 Å². The summed E-state index contributed by atoms with van der Waals surface area (Å²) in [5.74, 6) is 2.48. The number of hydrogen-bond acceptors (Lipinski definition) is 3. The predicted octanol–water partition coefficient (Wildman–Crippen LogP) is 2.96. The quantitative estimate of drug-likeness (QED) is 0.901. The highest BCUT2D eigenvalue weighted by atomic mass is 16.4. The minimum Gasteiger partial charge on any atom is -0.461 e. The molecule has 1 amide bonds. The highest BCUT2D eigenvalue weighted by Crippen LogP contribution is 2.26. The fourth-order valence-electron chi connectivity index (χ4n) is 2.01. The molecule has 0 radical (unpaired) electrons. The van der Waals surface area contributed by atoms with Gasteiger partial charge in [0.15, 0.2) is 11.5 Å². The molecule has 0 bridgehead atoms. The average Bonchev–Trinajstić information content (AvgIpc) is 2.94. The van der Waals surface area contributed by atoms with E-state index in [4.69, 9.17) is 8.83 Å². The molecule has 4 heteroatoms. The van der Waals surface area contributed by atoms with Gasteiger partial charge in [-0.05, 0) is 37.1 Å². The van der Waals surface area contributed by atoms with Crippen LogP contribution >= 0.6 is 0 Å². The minimum absolute atomic E-state index is 0.136. The molecular weight excluding hydrogens is 230 g/mol. The average molecular weight is 245 g/mol. The Bertz CT molecular complexity index is 523. The van der Waals surface area contributed by atoms with Gasteiger partial charge >= 0.3 is 0 Å². The van der Waals surface area contributed by atoms with E-state index < -0.39 is 0 Å². The van der Waals surface area contributed by atoms with E-state index in [-0.39, 0.29) is 11.8 Å². The maximum absolute atomic E-state index is 11.7. The topological polar surface area (TPSA) is 55.4 Å². The smallest absolute Gasteiger partial charge is 0.223 e. The van der Waals surface area contributed by atoms with E-state index in [1.54, 1.807) is 6.26 Å². The van der Waals surface area contributed by atoms with Gasteiger partial charge in [-0.25, -0.2) is 0 Å². The van der Waals surface area contributed by atoms with Gasteiger partial charge in [0.1, 0.15) is 5.76 Å². The highest BCUT2D eigenvalue weighted by molar-refractivity contribution is 5.79. The van der Waals surface area contributed by atoms with Crippen LogP contribution in [0.4, 0.5) is 0 Å². The second-order valence-electron chi connectivity index (χ2n) is 4.59. The van der Waals surface area contributed by atoms with Crippen molar-refractivity contribution in [2.24, 2.45) is 5.92 Å². The van der Waals surface area contributed by atoms with Gasteiger partial charge in [0.2, 0.25) is 5.91 Å². The first-order valence-electron chi connectivity index (χ1n) is 6.23. The van der Waals surface area contributed by atoms with Gasteiger partial charge in [-0.2, -0.15) is 0 Å². The fourth-order valence-corrected chi connectivity index (χ4v) is 2.01. The lowest BCUT2D eigenvalue weighted by Crippen LogP contribution is -2.33. The summed E-state index contributed by atoms with van der Waals surface area (Å²) in [5.41, 5.74) is 0. The van der Waals surface area contributed by atoms with Crippen LogP contribution in [0.15, 0.2) is 39.4 Å². The summed E-state index contributed by atoms with van der Waals surface area (Å²) in [4.78, 5) is 11.7. The number of carbonyl (C=O) groups is 1. The second-order valence-corrected chi connectivity index (χ2v) is 4.59. The summed E-state index contributed by atoms with van der Waals surface area (Å²) in [6.07, 6.45) is 4.81. The molecule has 0 aliphatic heterocycles. The van der Waals surface area contributed by atoms with Crippen molar-refractivity contribution in [2.75, 3.05) is 0 Å². The monoisotopic (exact) mass is 245 g/mol. The van der Waals surface area contributed by atoms with Gasteiger partial charge in [-0.1, -0.05) is 6.42 Å². The molecule has 1 fully saturated rings. The summed E-state index contributed by atoms with van der Waals surface area (Å²) in [7, 11) is 0. The first-order chi connectivity index (χ1) is 8.83. The number of carbonyl (C=O) groups excluding carboxylic acids is 1. The first-order valence-corrected chi connectivity index (χ1v) is 6.23. The molecule has 18 heavy (non-hydrogen) atoms. The van der Waals surface area contributed by atoms with Crippen molar-refractivity contribution < 1.29 is 13.6 Å². The third-order valence-electron chi connectivity index (χ3n) is 3.34. The van der Waals surface area contributed by atoms with Crippen molar-refractivity contribution in [1.29, 1.82) is 0 Å². The first kappa shape index (κ1) is 11.1. The van der Waals surface area contributed by atoms with Crippen LogP contribution in [-0.4, -0.2) is 5.91 Å². The summed E-state index contributed by atoms with van der Waals surface area (Å²) >= 11 is 0. The lowest BCUT2D eigenvalue weighted by atomic mass is 9.85. The van der Waals surface area contributed by atoms with Gasteiger partial charge in [0.05, 0.1) is 12.8 Å². The third kappa shape index (κ3) is 2.18. The van der Waals surface area contributed by atoms with Crippen LogP contribution in [0.3, 0.4) is 0 Å². The van der Waals surface area contributed by atoms with Gasteiger partial charge in [-0.3, -0.25) is 4.79 Å². The zero-order chi connectivity index (χ0) is 12.4. The molecule has 94 valence electrons.